The van der Waals surface area contributed by atoms with E-state index in [1.54, 1.807) is 18.2 Å². The fraction of sp³-hybridized carbons (Fsp3) is 0.231. The quantitative estimate of drug-likeness (QED) is 0.496. The van der Waals surface area contributed by atoms with Crippen LogP contribution in [0.2, 0.25) is 0 Å². The van der Waals surface area contributed by atoms with Crippen molar-refractivity contribution in [1.82, 2.24) is 5.32 Å². The third-order valence-corrected chi connectivity index (χ3v) is 4.79. The van der Waals surface area contributed by atoms with Crippen molar-refractivity contribution < 1.29 is 14.3 Å². The molecule has 5 heteroatoms. The zero-order valence-electron chi connectivity index (χ0n) is 17.8. The molecular weight excluding hydrogens is 388 g/mol. The fourth-order valence-corrected chi connectivity index (χ4v) is 2.99. The van der Waals surface area contributed by atoms with E-state index in [4.69, 9.17) is 9.47 Å². The Morgan fingerprint density at radius 2 is 1.71 bits per heavy atom. The van der Waals surface area contributed by atoms with Gasteiger partial charge in [0, 0.05) is 11.6 Å². The van der Waals surface area contributed by atoms with Gasteiger partial charge < -0.3 is 14.8 Å². The van der Waals surface area contributed by atoms with Gasteiger partial charge in [0.25, 0.3) is 5.91 Å². The summed E-state index contributed by atoms with van der Waals surface area (Å²) in [6.07, 6.45) is 0. The molecule has 0 aromatic heterocycles. The highest BCUT2D eigenvalue weighted by Crippen LogP contribution is 2.29. The van der Waals surface area contributed by atoms with Crippen LogP contribution >= 0.6 is 0 Å². The average molecular weight is 415 g/mol. The molecule has 1 amide bonds. The van der Waals surface area contributed by atoms with Crippen LogP contribution in [0.25, 0.3) is 0 Å². The van der Waals surface area contributed by atoms with Gasteiger partial charge in [-0.15, -0.1) is 0 Å². The van der Waals surface area contributed by atoms with Crippen LogP contribution in [0, 0.1) is 11.3 Å². The van der Waals surface area contributed by atoms with Crippen LogP contribution < -0.4 is 14.8 Å². The largest absolute Gasteiger partial charge is 0.488 e. The molecule has 0 saturated heterocycles. The molecule has 0 fully saturated rings. The number of nitriles is 1. The molecule has 0 saturated carbocycles. The van der Waals surface area contributed by atoms with Gasteiger partial charge in [-0.3, -0.25) is 4.79 Å². The summed E-state index contributed by atoms with van der Waals surface area (Å²) >= 11 is 0. The van der Waals surface area contributed by atoms with Crippen molar-refractivity contribution in [2.75, 3.05) is 13.2 Å². The minimum Gasteiger partial charge on any atom is -0.488 e. The minimum atomic E-state index is -0.148. The van der Waals surface area contributed by atoms with Crippen LogP contribution in [0.3, 0.4) is 0 Å². The van der Waals surface area contributed by atoms with Gasteiger partial charge in [-0.25, -0.2) is 0 Å². The number of nitrogens with one attached hydrogen (secondary N) is 1. The summed E-state index contributed by atoms with van der Waals surface area (Å²) in [5, 5.41) is 12.0. The van der Waals surface area contributed by atoms with Crippen molar-refractivity contribution in [3.8, 4) is 17.6 Å². The van der Waals surface area contributed by atoms with E-state index < -0.39 is 0 Å². The second kappa shape index (κ2) is 10.8. The second-order valence-electron chi connectivity index (χ2n) is 7.43. The van der Waals surface area contributed by atoms with Crippen molar-refractivity contribution in [2.45, 2.75) is 26.4 Å². The first-order chi connectivity index (χ1) is 15.1. The molecule has 0 aliphatic carbocycles. The Morgan fingerprint density at radius 1 is 0.968 bits per heavy atom. The van der Waals surface area contributed by atoms with Gasteiger partial charge >= 0.3 is 0 Å². The van der Waals surface area contributed by atoms with Gasteiger partial charge in [-0.2, -0.15) is 5.26 Å². The number of carbonyl (C=O) groups excluding carboxylic acids is 1. The maximum Gasteiger partial charge on any atom is 0.251 e. The normalized spacial score (nSPS) is 10.4. The minimum absolute atomic E-state index is 0.148. The third kappa shape index (κ3) is 6.35. The first-order valence-electron chi connectivity index (χ1n) is 10.3. The molecule has 1 N–H and O–H groups in total. The van der Waals surface area contributed by atoms with Crippen molar-refractivity contribution in [3.05, 3.63) is 95.1 Å². The van der Waals surface area contributed by atoms with Crippen LogP contribution in [0.4, 0.5) is 0 Å². The number of nitrogens with zero attached hydrogens (tertiary/aromatic N) is 1. The summed E-state index contributed by atoms with van der Waals surface area (Å²) in [7, 11) is 0. The van der Waals surface area contributed by atoms with Crippen molar-refractivity contribution in [3.63, 3.8) is 0 Å². The topological polar surface area (TPSA) is 71.3 Å². The Morgan fingerprint density at radius 3 is 2.39 bits per heavy atom. The SMILES string of the molecule is CC(C)c1ccc(C(=O)NCCOc2cc(C#N)ccc2OCc2ccccc2)cc1. The molecule has 0 bridgehead atoms. The van der Waals surface area contributed by atoms with Crippen LogP contribution in [0.5, 0.6) is 11.5 Å². The van der Waals surface area contributed by atoms with Gasteiger partial charge in [0.15, 0.2) is 11.5 Å². The first kappa shape index (κ1) is 21.9. The molecule has 0 spiro atoms. The number of carbonyl (C=O) groups is 1. The van der Waals surface area contributed by atoms with Crippen LogP contribution in [-0.4, -0.2) is 19.1 Å². The van der Waals surface area contributed by atoms with Crippen molar-refractivity contribution >= 4 is 5.91 Å². The highest BCUT2D eigenvalue weighted by Gasteiger charge is 2.09. The summed E-state index contributed by atoms with van der Waals surface area (Å²) in [4.78, 5) is 12.3. The highest BCUT2D eigenvalue weighted by atomic mass is 16.5. The molecular formula is C26H26N2O3. The lowest BCUT2D eigenvalue weighted by Gasteiger charge is -2.14. The van der Waals surface area contributed by atoms with Gasteiger partial charge in [0.2, 0.25) is 0 Å². The van der Waals surface area contributed by atoms with Crippen LogP contribution in [-0.2, 0) is 6.61 Å². The molecule has 3 rings (SSSR count). The summed E-state index contributed by atoms with van der Waals surface area (Å²) in [5.74, 6) is 1.31. The van der Waals surface area contributed by atoms with E-state index in [9.17, 15) is 10.1 Å². The number of hydrogen-bond acceptors (Lipinski definition) is 4. The predicted molar refractivity (Wildman–Crippen MR) is 120 cm³/mol. The molecule has 0 unspecified atom stereocenters. The Bertz CT molecular complexity index is 1040. The number of ether oxygens (including phenoxy) is 2. The fourth-order valence-electron chi connectivity index (χ4n) is 2.99. The molecule has 3 aromatic rings. The third-order valence-electron chi connectivity index (χ3n) is 4.79. The summed E-state index contributed by atoms with van der Waals surface area (Å²) in [6.45, 7) is 5.22. The van der Waals surface area contributed by atoms with Gasteiger partial charge in [0.1, 0.15) is 13.2 Å². The Kier molecular flexibility index (Phi) is 7.67. The maximum absolute atomic E-state index is 12.3. The first-order valence-corrected chi connectivity index (χ1v) is 10.3. The average Bonchev–Trinajstić information content (AvgIpc) is 2.81. The Labute approximate surface area is 183 Å². The zero-order chi connectivity index (χ0) is 22.1. The van der Waals surface area contributed by atoms with E-state index >= 15 is 0 Å². The molecule has 3 aromatic carbocycles. The van der Waals surface area contributed by atoms with Gasteiger partial charge in [-0.1, -0.05) is 56.3 Å². The monoisotopic (exact) mass is 414 g/mol. The van der Waals surface area contributed by atoms with Gasteiger partial charge in [-0.05, 0) is 41.3 Å². The molecule has 0 aliphatic rings. The van der Waals surface area contributed by atoms with Crippen molar-refractivity contribution in [2.24, 2.45) is 0 Å². The lowest BCUT2D eigenvalue weighted by Crippen LogP contribution is -2.28. The maximum atomic E-state index is 12.3. The lowest BCUT2D eigenvalue weighted by molar-refractivity contribution is 0.0946. The van der Waals surface area contributed by atoms with Crippen LogP contribution in [0.1, 0.15) is 46.8 Å². The molecule has 158 valence electrons. The Balaban J connectivity index is 1.55. The number of amides is 1. The standard InChI is InChI=1S/C26H26N2O3/c1-19(2)22-9-11-23(12-10-22)26(29)28-14-15-30-25-16-21(17-27)8-13-24(25)31-18-20-6-4-3-5-7-20/h3-13,16,19H,14-15,18H2,1-2H3,(H,28,29). The van der Waals surface area contributed by atoms with E-state index in [0.717, 1.165) is 5.56 Å². The van der Waals surface area contributed by atoms with E-state index in [-0.39, 0.29) is 12.5 Å². The number of rotatable bonds is 9. The molecule has 0 radical (unpaired) electrons. The van der Waals surface area contributed by atoms with Crippen molar-refractivity contribution in [1.29, 1.82) is 5.26 Å². The van der Waals surface area contributed by atoms with Gasteiger partial charge in [0.05, 0.1) is 18.2 Å². The van der Waals surface area contributed by atoms with E-state index in [0.29, 0.717) is 41.7 Å². The Hall–Kier alpha value is -3.78. The summed E-state index contributed by atoms with van der Waals surface area (Å²) < 4.78 is 11.7. The van der Waals surface area contributed by atoms with E-state index in [2.05, 4.69) is 25.2 Å². The lowest BCUT2D eigenvalue weighted by atomic mass is 10.0. The highest BCUT2D eigenvalue weighted by molar-refractivity contribution is 5.94. The summed E-state index contributed by atoms with van der Waals surface area (Å²) in [5.41, 5.74) is 3.33. The summed E-state index contributed by atoms with van der Waals surface area (Å²) in [6, 6.07) is 24.6. The molecule has 0 atom stereocenters. The second-order valence-corrected chi connectivity index (χ2v) is 7.43. The number of benzene rings is 3. The molecule has 0 aliphatic heterocycles. The zero-order valence-corrected chi connectivity index (χ0v) is 17.8. The number of hydrogen-bond donors (Lipinski definition) is 1. The molecule has 31 heavy (non-hydrogen) atoms. The van der Waals surface area contributed by atoms with Crippen LogP contribution in [0.15, 0.2) is 72.8 Å². The smallest absolute Gasteiger partial charge is 0.251 e. The molecule has 5 nitrogen and oxygen atoms in total. The van der Waals surface area contributed by atoms with E-state index in [1.165, 1.54) is 5.56 Å². The van der Waals surface area contributed by atoms with E-state index in [1.807, 2.05) is 54.6 Å². The molecule has 0 heterocycles. The predicted octanol–water partition coefficient (Wildman–Crippen LogP) is 5.07.